The number of carbonyl (C=O) groups is 1. The molecule has 1 heterocycles. The van der Waals surface area contributed by atoms with Crippen LogP contribution in [0.15, 0.2) is 34.9 Å². The lowest BCUT2D eigenvalue weighted by Crippen LogP contribution is -2.15. The van der Waals surface area contributed by atoms with E-state index >= 15 is 0 Å². The van der Waals surface area contributed by atoms with Gasteiger partial charge in [0.15, 0.2) is 0 Å². The number of nitrogens with two attached hydrogens (primary N) is 1. The van der Waals surface area contributed by atoms with Crippen molar-refractivity contribution in [3.63, 3.8) is 0 Å². The van der Waals surface area contributed by atoms with E-state index < -0.39 is 0 Å². The first kappa shape index (κ1) is 14.9. The van der Waals surface area contributed by atoms with Crippen LogP contribution in [-0.4, -0.2) is 22.1 Å². The first-order valence-corrected chi connectivity index (χ1v) is 7.52. The van der Waals surface area contributed by atoms with E-state index in [2.05, 4.69) is 28.0 Å². The summed E-state index contributed by atoms with van der Waals surface area (Å²) in [5, 5.41) is 4.25. The Morgan fingerprint density at radius 2 is 2.15 bits per heavy atom. The predicted octanol–water partition coefficient (Wildman–Crippen LogP) is 2.79. The minimum Gasteiger partial charge on any atom is -0.330 e. The molecule has 0 unspecified atom stereocenters. The van der Waals surface area contributed by atoms with E-state index in [9.17, 15) is 4.79 Å². The van der Waals surface area contributed by atoms with Crippen LogP contribution in [0.5, 0.6) is 0 Å². The summed E-state index contributed by atoms with van der Waals surface area (Å²) in [4.78, 5) is 12.8. The average molecular weight is 336 g/mol. The molecule has 0 saturated heterocycles. The molecule has 0 bridgehead atoms. The van der Waals surface area contributed by atoms with E-state index in [0.29, 0.717) is 24.2 Å². The maximum atomic E-state index is 12.8. The van der Waals surface area contributed by atoms with Crippen molar-refractivity contribution in [3.05, 3.63) is 51.8 Å². The Labute approximate surface area is 127 Å². The van der Waals surface area contributed by atoms with Crippen molar-refractivity contribution in [2.75, 3.05) is 6.54 Å². The third-order valence-electron chi connectivity index (χ3n) is 3.12. The summed E-state index contributed by atoms with van der Waals surface area (Å²) in [6.07, 6.45) is 3.30. The number of ketones is 1. The van der Waals surface area contributed by atoms with E-state index in [0.717, 1.165) is 23.0 Å². The molecule has 20 heavy (non-hydrogen) atoms. The van der Waals surface area contributed by atoms with Gasteiger partial charge in [0.25, 0.3) is 0 Å². The minimum atomic E-state index is -0.00752. The average Bonchev–Trinajstić information content (AvgIpc) is 2.81. The summed E-state index contributed by atoms with van der Waals surface area (Å²) in [6, 6.07) is 7.61. The van der Waals surface area contributed by atoms with Gasteiger partial charge in [-0.2, -0.15) is 5.10 Å². The number of hydrogen-bond acceptors (Lipinski definition) is 3. The van der Waals surface area contributed by atoms with Crippen molar-refractivity contribution in [1.29, 1.82) is 0 Å². The number of carbonyl (C=O) groups excluding carboxylic acids is 1. The summed E-state index contributed by atoms with van der Waals surface area (Å²) >= 11 is 3.42. The van der Waals surface area contributed by atoms with Gasteiger partial charge >= 0.3 is 0 Å². The highest BCUT2D eigenvalue weighted by Gasteiger charge is 2.20. The number of aryl methyl sites for hydroxylation is 1. The first-order valence-electron chi connectivity index (χ1n) is 6.73. The first-order chi connectivity index (χ1) is 9.69. The molecule has 0 saturated carbocycles. The van der Waals surface area contributed by atoms with Crippen LogP contribution in [-0.2, 0) is 13.0 Å². The van der Waals surface area contributed by atoms with Crippen molar-refractivity contribution < 1.29 is 4.79 Å². The van der Waals surface area contributed by atoms with Crippen LogP contribution in [0.4, 0.5) is 0 Å². The lowest BCUT2D eigenvalue weighted by molar-refractivity contribution is 0.102. The zero-order valence-corrected chi connectivity index (χ0v) is 13.1. The van der Waals surface area contributed by atoms with Crippen LogP contribution in [0.25, 0.3) is 0 Å². The lowest BCUT2D eigenvalue weighted by Gasteiger charge is -2.10. The Bertz CT molecular complexity index is 607. The fourth-order valence-electron chi connectivity index (χ4n) is 2.21. The van der Waals surface area contributed by atoms with Gasteiger partial charge < -0.3 is 5.73 Å². The third kappa shape index (κ3) is 2.99. The molecule has 0 aliphatic rings. The number of benzene rings is 1. The molecule has 0 fully saturated rings. The summed E-state index contributed by atoms with van der Waals surface area (Å²) in [6.45, 7) is 3.32. The molecule has 1 aromatic heterocycles. The number of rotatable bonds is 6. The summed E-state index contributed by atoms with van der Waals surface area (Å²) in [5.41, 5.74) is 7.91. The molecule has 4 nitrogen and oxygen atoms in total. The predicted molar refractivity (Wildman–Crippen MR) is 82.9 cm³/mol. The van der Waals surface area contributed by atoms with Gasteiger partial charge in [0.2, 0.25) is 5.78 Å². The molecule has 5 heteroatoms. The van der Waals surface area contributed by atoms with Crippen LogP contribution < -0.4 is 5.73 Å². The molecule has 0 spiro atoms. The second-order valence-corrected chi connectivity index (χ2v) is 5.44. The second-order valence-electron chi connectivity index (χ2n) is 4.59. The van der Waals surface area contributed by atoms with Crippen LogP contribution >= 0.6 is 15.9 Å². The topological polar surface area (TPSA) is 60.9 Å². The van der Waals surface area contributed by atoms with Crippen molar-refractivity contribution in [2.45, 2.75) is 26.3 Å². The Kier molecular flexibility index (Phi) is 5.09. The molecule has 0 radical (unpaired) electrons. The SMILES string of the molecule is CCCn1ncc(Br)c1C(=O)c1ccccc1CCN. The zero-order chi connectivity index (χ0) is 14.5. The normalized spacial score (nSPS) is 10.8. The van der Waals surface area contributed by atoms with Crippen molar-refractivity contribution >= 4 is 21.7 Å². The van der Waals surface area contributed by atoms with Crippen LogP contribution in [0.3, 0.4) is 0 Å². The number of hydrogen-bond donors (Lipinski definition) is 1. The Morgan fingerprint density at radius 3 is 2.85 bits per heavy atom. The lowest BCUT2D eigenvalue weighted by atomic mass is 9.99. The van der Waals surface area contributed by atoms with E-state index in [-0.39, 0.29) is 5.78 Å². The van der Waals surface area contributed by atoms with E-state index in [1.54, 1.807) is 10.9 Å². The zero-order valence-electron chi connectivity index (χ0n) is 11.5. The summed E-state index contributed by atoms with van der Waals surface area (Å²) in [7, 11) is 0. The summed E-state index contributed by atoms with van der Waals surface area (Å²) < 4.78 is 2.49. The van der Waals surface area contributed by atoms with E-state index in [1.165, 1.54) is 0 Å². The molecule has 0 atom stereocenters. The largest absolute Gasteiger partial charge is 0.330 e. The fraction of sp³-hybridized carbons (Fsp3) is 0.333. The molecular formula is C15H18BrN3O. The highest BCUT2D eigenvalue weighted by Crippen LogP contribution is 2.22. The maximum absolute atomic E-state index is 12.8. The molecule has 0 amide bonds. The number of aromatic nitrogens is 2. The van der Waals surface area contributed by atoms with Gasteiger partial charge in [-0.1, -0.05) is 31.2 Å². The fourth-order valence-corrected chi connectivity index (χ4v) is 2.69. The summed E-state index contributed by atoms with van der Waals surface area (Å²) in [5.74, 6) is -0.00752. The van der Waals surface area contributed by atoms with Gasteiger partial charge in [-0.05, 0) is 40.9 Å². The second kappa shape index (κ2) is 6.81. The Balaban J connectivity index is 2.44. The maximum Gasteiger partial charge on any atom is 0.212 e. The molecular weight excluding hydrogens is 318 g/mol. The smallest absolute Gasteiger partial charge is 0.212 e. The quantitative estimate of drug-likeness (QED) is 0.825. The Morgan fingerprint density at radius 1 is 1.40 bits per heavy atom. The van der Waals surface area contributed by atoms with Crippen molar-refractivity contribution in [1.82, 2.24) is 9.78 Å². The van der Waals surface area contributed by atoms with Crippen molar-refractivity contribution in [3.8, 4) is 0 Å². The highest BCUT2D eigenvalue weighted by molar-refractivity contribution is 9.10. The molecule has 2 aromatic rings. The van der Waals surface area contributed by atoms with Crippen molar-refractivity contribution in [2.24, 2.45) is 5.73 Å². The van der Waals surface area contributed by atoms with E-state index in [1.807, 2.05) is 24.3 Å². The highest BCUT2D eigenvalue weighted by atomic mass is 79.9. The van der Waals surface area contributed by atoms with Crippen LogP contribution in [0.2, 0.25) is 0 Å². The molecule has 1 aromatic carbocycles. The number of nitrogens with zero attached hydrogens (tertiary/aromatic N) is 2. The van der Waals surface area contributed by atoms with Gasteiger partial charge in [0, 0.05) is 12.1 Å². The molecule has 106 valence electrons. The van der Waals surface area contributed by atoms with Crippen LogP contribution in [0.1, 0.15) is 35.0 Å². The van der Waals surface area contributed by atoms with Gasteiger partial charge in [-0.25, -0.2) is 0 Å². The molecule has 0 aliphatic carbocycles. The minimum absolute atomic E-state index is 0.00752. The van der Waals surface area contributed by atoms with Gasteiger partial charge in [-0.15, -0.1) is 0 Å². The monoisotopic (exact) mass is 335 g/mol. The molecule has 0 aliphatic heterocycles. The van der Waals surface area contributed by atoms with Gasteiger partial charge in [0.1, 0.15) is 5.69 Å². The van der Waals surface area contributed by atoms with Crippen LogP contribution in [0, 0.1) is 0 Å². The molecule has 2 N–H and O–H groups in total. The molecule has 2 rings (SSSR count). The van der Waals surface area contributed by atoms with E-state index in [4.69, 9.17) is 5.73 Å². The standard InChI is InChI=1S/C15H18BrN3O/c1-2-9-19-14(13(16)10-18-19)15(20)12-6-4-3-5-11(12)7-8-17/h3-6,10H,2,7-9,17H2,1H3. The Hall–Kier alpha value is -1.46. The third-order valence-corrected chi connectivity index (χ3v) is 3.70. The number of halogens is 1. The van der Waals surface area contributed by atoms with Gasteiger partial charge in [0.05, 0.1) is 10.7 Å². The van der Waals surface area contributed by atoms with Gasteiger partial charge in [-0.3, -0.25) is 9.48 Å².